The molecule has 0 radical (unpaired) electrons. The Balaban J connectivity index is 1.40. The van der Waals surface area contributed by atoms with Crippen molar-refractivity contribution < 1.29 is 32.6 Å². The van der Waals surface area contributed by atoms with E-state index in [1.54, 1.807) is 18.3 Å². The molecule has 2 atom stereocenters. The van der Waals surface area contributed by atoms with Gasteiger partial charge in [0.05, 0.1) is 17.4 Å². The van der Waals surface area contributed by atoms with Crippen molar-refractivity contribution in [3.63, 3.8) is 0 Å². The number of fused-ring (bicyclic) bond motifs is 1. The van der Waals surface area contributed by atoms with E-state index in [2.05, 4.69) is 25.3 Å². The Hall–Kier alpha value is -3.45. The predicted molar refractivity (Wildman–Crippen MR) is 125 cm³/mol. The molecule has 35 heavy (non-hydrogen) atoms. The average molecular weight is 506 g/mol. The number of hydrogen-bond donors (Lipinski definition) is 5. The van der Waals surface area contributed by atoms with Gasteiger partial charge in [-0.25, -0.2) is 18.1 Å². The monoisotopic (exact) mass is 505 g/mol. The van der Waals surface area contributed by atoms with Crippen molar-refractivity contribution in [2.24, 2.45) is 0 Å². The first kappa shape index (κ1) is 24.7. The van der Waals surface area contributed by atoms with E-state index in [-0.39, 0.29) is 18.8 Å². The van der Waals surface area contributed by atoms with Crippen LogP contribution in [0.2, 0.25) is 0 Å². The third-order valence-electron chi connectivity index (χ3n) is 6.03. The molecule has 13 heteroatoms. The number of hydrogen-bond acceptors (Lipinski definition) is 7. The molecule has 12 nitrogen and oxygen atoms in total. The number of aromatic amines is 1. The Kier molecular flexibility index (Phi) is 7.36. The molecule has 5 N–H and O–H groups in total. The van der Waals surface area contributed by atoms with Crippen LogP contribution in [0.15, 0.2) is 30.6 Å². The summed E-state index contributed by atoms with van der Waals surface area (Å²) in [6, 6.07) is 3.34. The van der Waals surface area contributed by atoms with Crippen LogP contribution < -0.4 is 20.1 Å². The van der Waals surface area contributed by atoms with Gasteiger partial charge in [0.25, 0.3) is 5.91 Å². The molecule has 0 saturated heterocycles. The summed E-state index contributed by atoms with van der Waals surface area (Å²) in [4.78, 5) is 43.0. The minimum absolute atomic E-state index is 0.112. The minimum Gasteiger partial charge on any atom is -0.480 e. The fraction of sp³-hybridized carbons (Fsp3) is 0.455. The Morgan fingerprint density at radius 1 is 1.23 bits per heavy atom. The van der Waals surface area contributed by atoms with Crippen LogP contribution in [0.25, 0.3) is 0 Å². The van der Waals surface area contributed by atoms with Gasteiger partial charge in [-0.3, -0.25) is 19.7 Å². The van der Waals surface area contributed by atoms with Gasteiger partial charge in [0.15, 0.2) is 6.10 Å². The number of rotatable bonds is 9. The summed E-state index contributed by atoms with van der Waals surface area (Å²) in [6.07, 6.45) is 5.24. The molecule has 2 heterocycles. The first-order valence-electron chi connectivity index (χ1n) is 11.3. The fourth-order valence-electron chi connectivity index (χ4n) is 4.23. The number of H-pyrrole nitrogens is 1. The van der Waals surface area contributed by atoms with Gasteiger partial charge in [-0.15, -0.1) is 0 Å². The number of amides is 2. The molecule has 1 saturated carbocycles. The van der Waals surface area contributed by atoms with Crippen molar-refractivity contribution in [2.75, 3.05) is 10.6 Å². The summed E-state index contributed by atoms with van der Waals surface area (Å²) in [5.41, 5.74) is 0.815. The van der Waals surface area contributed by atoms with Gasteiger partial charge in [0.1, 0.15) is 11.8 Å². The minimum atomic E-state index is -3.78. The lowest BCUT2D eigenvalue weighted by atomic mass is 10.0. The second-order valence-corrected chi connectivity index (χ2v) is 10.6. The number of imidazole rings is 1. The number of nitrogens with one attached hydrogen (secondary N) is 4. The van der Waals surface area contributed by atoms with Crippen LogP contribution in [0.4, 0.5) is 11.6 Å². The second-order valence-electron chi connectivity index (χ2n) is 8.63. The molecule has 2 amide bonds. The van der Waals surface area contributed by atoms with Crippen molar-refractivity contribution in [1.29, 1.82) is 0 Å². The van der Waals surface area contributed by atoms with E-state index in [0.29, 0.717) is 29.8 Å². The predicted octanol–water partition coefficient (Wildman–Crippen LogP) is 1.39. The standard InChI is InChI=1S/C22H27N5O7S/c28-19(26-22-23-8-9-24-22)12-18-20(29)25-15-10-13(6-7-17(15)34-18)11-16(21(30)31)27-35(32,33)14-4-2-1-3-5-14/h6-10,14,16,18,27H,1-5,11-12H2,(H,25,29)(H,30,31)(H2,23,24,26,28)/t16-,18?/m0/s1. The number of sulfonamides is 1. The summed E-state index contributed by atoms with van der Waals surface area (Å²) in [5.74, 6) is -1.71. The molecule has 0 spiro atoms. The van der Waals surface area contributed by atoms with Crippen molar-refractivity contribution in [1.82, 2.24) is 14.7 Å². The number of aromatic nitrogens is 2. The highest BCUT2D eigenvalue weighted by Crippen LogP contribution is 2.32. The number of carboxylic acids is 1. The zero-order chi connectivity index (χ0) is 25.0. The van der Waals surface area contributed by atoms with E-state index in [1.807, 2.05) is 0 Å². The summed E-state index contributed by atoms with van der Waals surface area (Å²) < 4.78 is 33.4. The normalized spacial score (nSPS) is 19.2. The van der Waals surface area contributed by atoms with Gasteiger partial charge < -0.3 is 20.1 Å². The Morgan fingerprint density at radius 3 is 2.69 bits per heavy atom. The maximum atomic E-state index is 12.7. The van der Waals surface area contributed by atoms with E-state index < -0.39 is 45.2 Å². The zero-order valence-electron chi connectivity index (χ0n) is 18.8. The largest absolute Gasteiger partial charge is 0.480 e. The van der Waals surface area contributed by atoms with Gasteiger partial charge in [0, 0.05) is 12.4 Å². The maximum Gasteiger partial charge on any atom is 0.322 e. The van der Waals surface area contributed by atoms with E-state index in [4.69, 9.17) is 4.74 Å². The molecule has 1 unspecified atom stereocenters. The second kappa shape index (κ2) is 10.4. The topological polar surface area (TPSA) is 180 Å². The fourth-order valence-corrected chi connectivity index (χ4v) is 5.96. The lowest BCUT2D eigenvalue weighted by Crippen LogP contribution is -2.46. The van der Waals surface area contributed by atoms with Crippen LogP contribution in [0.1, 0.15) is 44.1 Å². The molecule has 188 valence electrons. The van der Waals surface area contributed by atoms with Crippen LogP contribution in [0.3, 0.4) is 0 Å². The van der Waals surface area contributed by atoms with E-state index in [9.17, 15) is 27.9 Å². The van der Waals surface area contributed by atoms with Crippen molar-refractivity contribution in [2.45, 2.75) is 62.3 Å². The van der Waals surface area contributed by atoms with Gasteiger partial charge in [0.2, 0.25) is 21.9 Å². The smallest absolute Gasteiger partial charge is 0.322 e. The SMILES string of the molecule is O=C(CC1Oc2ccc(C[C@H](NS(=O)(=O)C3CCCCC3)C(=O)O)cc2NC1=O)Nc1ncc[nH]1. The average Bonchev–Trinajstić information content (AvgIpc) is 3.32. The van der Waals surface area contributed by atoms with Gasteiger partial charge in [-0.1, -0.05) is 25.3 Å². The summed E-state index contributed by atoms with van der Waals surface area (Å²) in [5, 5.41) is 14.2. The van der Waals surface area contributed by atoms with Gasteiger partial charge in [-0.05, 0) is 37.0 Å². The molecular formula is C22H27N5O7S. The number of carboxylic acid groups (broad SMARTS) is 1. The summed E-state index contributed by atoms with van der Waals surface area (Å²) in [6.45, 7) is 0. The van der Waals surface area contributed by atoms with Gasteiger partial charge >= 0.3 is 5.97 Å². The highest BCUT2D eigenvalue weighted by molar-refractivity contribution is 7.90. The molecule has 1 aliphatic carbocycles. The lowest BCUT2D eigenvalue weighted by molar-refractivity contribution is -0.139. The Labute approximate surface area is 201 Å². The van der Waals surface area contributed by atoms with Crippen LogP contribution in [0.5, 0.6) is 5.75 Å². The first-order valence-corrected chi connectivity index (χ1v) is 12.9. The highest BCUT2D eigenvalue weighted by Gasteiger charge is 2.33. The Bertz CT molecular complexity index is 1190. The van der Waals surface area contributed by atoms with E-state index in [0.717, 1.165) is 19.3 Å². The quantitative estimate of drug-likeness (QED) is 0.339. The molecule has 2 aliphatic rings. The van der Waals surface area contributed by atoms with Crippen molar-refractivity contribution >= 4 is 39.4 Å². The van der Waals surface area contributed by atoms with E-state index in [1.165, 1.54) is 12.3 Å². The molecular weight excluding hydrogens is 478 g/mol. The molecule has 1 aliphatic heterocycles. The van der Waals surface area contributed by atoms with Crippen LogP contribution >= 0.6 is 0 Å². The van der Waals surface area contributed by atoms with Gasteiger partial charge in [-0.2, -0.15) is 0 Å². The molecule has 2 aromatic rings. The molecule has 1 aromatic carbocycles. The third-order valence-corrected chi connectivity index (χ3v) is 7.99. The molecule has 1 fully saturated rings. The van der Waals surface area contributed by atoms with Crippen molar-refractivity contribution in [3.05, 3.63) is 36.2 Å². The van der Waals surface area contributed by atoms with Crippen LogP contribution in [-0.4, -0.2) is 58.7 Å². The first-order chi connectivity index (χ1) is 16.7. The third kappa shape index (κ3) is 6.17. The number of benzene rings is 1. The number of nitrogens with zero attached hydrogens (tertiary/aromatic N) is 1. The molecule has 1 aromatic heterocycles. The summed E-state index contributed by atoms with van der Waals surface area (Å²) in [7, 11) is -3.78. The summed E-state index contributed by atoms with van der Waals surface area (Å²) >= 11 is 0. The Morgan fingerprint density at radius 2 is 2.00 bits per heavy atom. The molecule has 0 bridgehead atoms. The number of ether oxygens (including phenoxy) is 1. The number of carbonyl (C=O) groups is 3. The number of carbonyl (C=O) groups excluding carboxylic acids is 2. The molecule has 4 rings (SSSR count). The van der Waals surface area contributed by atoms with Crippen LogP contribution in [0, 0.1) is 0 Å². The number of anilines is 2. The maximum absolute atomic E-state index is 12.7. The lowest BCUT2D eigenvalue weighted by Gasteiger charge is -2.26. The highest BCUT2D eigenvalue weighted by atomic mass is 32.2. The number of aliphatic carboxylic acids is 1. The van der Waals surface area contributed by atoms with Crippen LogP contribution in [-0.2, 0) is 30.8 Å². The zero-order valence-corrected chi connectivity index (χ0v) is 19.6. The van der Waals surface area contributed by atoms with Crippen molar-refractivity contribution in [3.8, 4) is 5.75 Å². The van der Waals surface area contributed by atoms with E-state index >= 15 is 0 Å².